The van der Waals surface area contributed by atoms with Crippen LogP contribution in [0.15, 0.2) is 47.7 Å². The Labute approximate surface area is 139 Å². The smallest absolute Gasteiger partial charge is 0.269 e. The van der Waals surface area contributed by atoms with Crippen LogP contribution in [-0.4, -0.2) is 26.7 Å². The SMILES string of the molecule is NC1CCC(Nn2ccc(-c3c[nH]c4ncccc34)cc2=O)CC1. The second kappa shape index (κ2) is 6.13. The molecule has 4 rings (SSSR count). The average molecular weight is 323 g/mol. The van der Waals surface area contributed by atoms with E-state index >= 15 is 0 Å². The average Bonchev–Trinajstić information content (AvgIpc) is 3.03. The second-order valence-corrected chi connectivity index (χ2v) is 6.47. The Morgan fingerprint density at radius 1 is 1.25 bits per heavy atom. The van der Waals surface area contributed by atoms with Crippen LogP contribution < -0.4 is 16.7 Å². The first-order valence-electron chi connectivity index (χ1n) is 8.38. The Morgan fingerprint density at radius 3 is 2.88 bits per heavy atom. The van der Waals surface area contributed by atoms with Crippen molar-refractivity contribution < 1.29 is 0 Å². The molecule has 0 atom stereocenters. The fourth-order valence-electron chi connectivity index (χ4n) is 3.39. The van der Waals surface area contributed by atoms with Gasteiger partial charge in [-0.3, -0.25) is 4.79 Å². The minimum atomic E-state index is -0.0550. The maximum atomic E-state index is 12.5. The highest BCUT2D eigenvalue weighted by molar-refractivity contribution is 5.93. The first-order valence-corrected chi connectivity index (χ1v) is 8.38. The van der Waals surface area contributed by atoms with E-state index < -0.39 is 0 Å². The number of aromatic nitrogens is 3. The van der Waals surface area contributed by atoms with Crippen molar-refractivity contribution in [2.45, 2.75) is 37.8 Å². The van der Waals surface area contributed by atoms with E-state index in [1.54, 1.807) is 23.1 Å². The number of nitrogens with zero attached hydrogens (tertiary/aromatic N) is 2. The minimum absolute atomic E-state index is 0.0550. The van der Waals surface area contributed by atoms with Crippen LogP contribution in [-0.2, 0) is 0 Å². The number of nitrogens with two attached hydrogens (primary N) is 1. The van der Waals surface area contributed by atoms with Crippen LogP contribution in [0.2, 0.25) is 0 Å². The highest BCUT2D eigenvalue weighted by atomic mass is 16.1. The van der Waals surface area contributed by atoms with E-state index in [2.05, 4.69) is 15.4 Å². The number of pyridine rings is 2. The van der Waals surface area contributed by atoms with Crippen molar-refractivity contribution in [1.82, 2.24) is 14.6 Å². The molecule has 0 amide bonds. The lowest BCUT2D eigenvalue weighted by molar-refractivity contribution is 0.392. The number of nitrogens with one attached hydrogen (secondary N) is 2. The van der Waals surface area contributed by atoms with Crippen LogP contribution in [0.4, 0.5) is 0 Å². The van der Waals surface area contributed by atoms with Gasteiger partial charge in [-0.15, -0.1) is 0 Å². The Hall–Kier alpha value is -2.60. The molecule has 0 aromatic carbocycles. The molecule has 0 saturated heterocycles. The largest absolute Gasteiger partial charge is 0.346 e. The van der Waals surface area contributed by atoms with Gasteiger partial charge < -0.3 is 16.1 Å². The zero-order valence-electron chi connectivity index (χ0n) is 13.4. The Bertz CT molecular complexity index is 905. The third-order valence-electron chi connectivity index (χ3n) is 4.78. The minimum Gasteiger partial charge on any atom is -0.346 e. The third-order valence-corrected chi connectivity index (χ3v) is 4.78. The van der Waals surface area contributed by atoms with Crippen molar-refractivity contribution in [3.8, 4) is 11.1 Å². The maximum absolute atomic E-state index is 12.5. The van der Waals surface area contributed by atoms with Gasteiger partial charge in [0.25, 0.3) is 5.56 Å². The summed E-state index contributed by atoms with van der Waals surface area (Å²) < 4.78 is 1.58. The Morgan fingerprint density at radius 2 is 2.08 bits per heavy atom. The van der Waals surface area contributed by atoms with E-state index in [1.165, 1.54) is 0 Å². The molecule has 124 valence electrons. The molecule has 3 heterocycles. The number of hydrogen-bond acceptors (Lipinski definition) is 4. The molecule has 1 fully saturated rings. The predicted octanol–water partition coefficient (Wildman–Crippen LogP) is 2.21. The first-order chi connectivity index (χ1) is 11.7. The molecule has 3 aromatic heterocycles. The monoisotopic (exact) mass is 323 g/mol. The molecular formula is C18H21N5O. The quantitative estimate of drug-likeness (QED) is 0.689. The number of hydrogen-bond donors (Lipinski definition) is 3. The second-order valence-electron chi connectivity index (χ2n) is 6.47. The molecule has 0 unspecified atom stereocenters. The lowest BCUT2D eigenvalue weighted by Gasteiger charge is -2.28. The van der Waals surface area contributed by atoms with Gasteiger partial charge in [0.1, 0.15) is 5.65 Å². The maximum Gasteiger partial charge on any atom is 0.269 e. The van der Waals surface area contributed by atoms with Gasteiger partial charge in [0.15, 0.2) is 0 Å². The standard InChI is InChI=1S/C18H21N5O/c19-13-3-5-14(6-4-13)22-23-9-7-12(10-17(23)24)16-11-21-18-15(16)2-1-8-20-18/h1-2,7-11,13-14,22H,3-6,19H2,(H,20,21). The van der Waals surface area contributed by atoms with Gasteiger partial charge in [-0.25, -0.2) is 9.66 Å². The first kappa shape index (κ1) is 15.0. The number of H-pyrrole nitrogens is 1. The summed E-state index contributed by atoms with van der Waals surface area (Å²) in [5, 5.41) is 1.02. The topological polar surface area (TPSA) is 88.7 Å². The predicted molar refractivity (Wildman–Crippen MR) is 95.4 cm³/mol. The van der Waals surface area contributed by atoms with Gasteiger partial charge in [0.2, 0.25) is 0 Å². The lowest BCUT2D eigenvalue weighted by Crippen LogP contribution is -2.39. The van der Waals surface area contributed by atoms with Crippen LogP contribution in [0.25, 0.3) is 22.2 Å². The number of fused-ring (bicyclic) bond motifs is 1. The zero-order valence-corrected chi connectivity index (χ0v) is 13.4. The third kappa shape index (κ3) is 2.80. The molecule has 6 heteroatoms. The van der Waals surface area contributed by atoms with Crippen molar-refractivity contribution >= 4 is 11.0 Å². The molecule has 6 nitrogen and oxygen atoms in total. The summed E-state index contributed by atoms with van der Waals surface area (Å²) in [5.41, 5.74) is 11.9. The molecule has 1 aliphatic carbocycles. The summed E-state index contributed by atoms with van der Waals surface area (Å²) in [5.74, 6) is 0. The van der Waals surface area contributed by atoms with Gasteiger partial charge in [-0.2, -0.15) is 0 Å². The van der Waals surface area contributed by atoms with Gasteiger partial charge >= 0.3 is 0 Å². The molecule has 1 saturated carbocycles. The van der Waals surface area contributed by atoms with Gasteiger partial charge in [0.05, 0.1) is 0 Å². The van der Waals surface area contributed by atoms with E-state index in [9.17, 15) is 4.79 Å². The Kier molecular flexibility index (Phi) is 3.82. The zero-order chi connectivity index (χ0) is 16.5. The molecule has 24 heavy (non-hydrogen) atoms. The molecule has 0 radical (unpaired) electrons. The summed E-state index contributed by atoms with van der Waals surface area (Å²) >= 11 is 0. The van der Waals surface area contributed by atoms with Crippen molar-refractivity contribution in [3.05, 3.63) is 53.2 Å². The van der Waals surface area contributed by atoms with Crippen LogP contribution in [0.5, 0.6) is 0 Å². The molecular weight excluding hydrogens is 302 g/mol. The van der Waals surface area contributed by atoms with E-state index in [1.807, 2.05) is 24.4 Å². The molecule has 0 aliphatic heterocycles. The normalized spacial score (nSPS) is 21.0. The molecule has 0 spiro atoms. The van der Waals surface area contributed by atoms with Crippen molar-refractivity contribution in [1.29, 1.82) is 0 Å². The number of aromatic amines is 1. The summed E-state index contributed by atoms with van der Waals surface area (Å²) in [7, 11) is 0. The van der Waals surface area contributed by atoms with E-state index in [0.717, 1.165) is 47.8 Å². The fraction of sp³-hybridized carbons (Fsp3) is 0.333. The lowest BCUT2D eigenvalue weighted by atomic mass is 9.92. The molecule has 0 bridgehead atoms. The van der Waals surface area contributed by atoms with Crippen LogP contribution in [0, 0.1) is 0 Å². The summed E-state index contributed by atoms with van der Waals surface area (Å²) in [6, 6.07) is 8.14. The van der Waals surface area contributed by atoms with Gasteiger partial charge in [-0.05, 0) is 49.4 Å². The van der Waals surface area contributed by atoms with Gasteiger partial charge in [0, 0.05) is 47.7 Å². The van der Waals surface area contributed by atoms with Gasteiger partial charge in [-0.1, -0.05) is 0 Å². The van der Waals surface area contributed by atoms with Crippen LogP contribution >= 0.6 is 0 Å². The van der Waals surface area contributed by atoms with E-state index in [0.29, 0.717) is 12.1 Å². The van der Waals surface area contributed by atoms with Crippen molar-refractivity contribution in [2.75, 3.05) is 5.43 Å². The van der Waals surface area contributed by atoms with E-state index in [-0.39, 0.29) is 5.56 Å². The molecule has 4 N–H and O–H groups in total. The highest BCUT2D eigenvalue weighted by Gasteiger charge is 2.18. The molecule has 1 aliphatic rings. The summed E-state index contributed by atoms with van der Waals surface area (Å²) in [4.78, 5) is 19.9. The highest BCUT2D eigenvalue weighted by Crippen LogP contribution is 2.26. The molecule has 3 aromatic rings. The van der Waals surface area contributed by atoms with Crippen LogP contribution in [0.3, 0.4) is 0 Å². The summed E-state index contributed by atoms with van der Waals surface area (Å²) in [6.45, 7) is 0. The van der Waals surface area contributed by atoms with Crippen LogP contribution in [0.1, 0.15) is 25.7 Å². The van der Waals surface area contributed by atoms with Crippen molar-refractivity contribution in [2.24, 2.45) is 5.73 Å². The number of rotatable bonds is 3. The summed E-state index contributed by atoms with van der Waals surface area (Å²) in [6.07, 6.45) is 9.47. The fourth-order valence-corrected chi connectivity index (χ4v) is 3.39. The van der Waals surface area contributed by atoms with E-state index in [4.69, 9.17) is 5.73 Å². The Balaban J connectivity index is 1.59. The van der Waals surface area contributed by atoms with Crippen molar-refractivity contribution in [3.63, 3.8) is 0 Å².